The minimum atomic E-state index is -0.151. The van der Waals surface area contributed by atoms with Gasteiger partial charge in [0.2, 0.25) is 0 Å². The van der Waals surface area contributed by atoms with Gasteiger partial charge in [-0.15, -0.1) is 0 Å². The summed E-state index contributed by atoms with van der Waals surface area (Å²) >= 11 is 5.39. The molecule has 5 heteroatoms. The third-order valence-electron chi connectivity index (χ3n) is 3.88. The molecule has 2 aromatic rings. The van der Waals surface area contributed by atoms with E-state index < -0.39 is 0 Å². The number of thiocarbonyl (C=S) groups is 1. The van der Waals surface area contributed by atoms with Crippen molar-refractivity contribution in [1.82, 2.24) is 4.90 Å². The molecule has 0 fully saturated rings. The molecule has 4 nitrogen and oxygen atoms in total. The molecule has 0 saturated carbocycles. The molecule has 0 unspecified atom stereocenters. The van der Waals surface area contributed by atoms with Crippen molar-refractivity contribution in [3.05, 3.63) is 59.7 Å². The zero-order valence-corrected chi connectivity index (χ0v) is 16.4. The number of carbonyl (C=O) groups is 1. The van der Waals surface area contributed by atoms with E-state index in [0.717, 1.165) is 37.2 Å². The summed E-state index contributed by atoms with van der Waals surface area (Å²) in [6.07, 6.45) is 2.03. The van der Waals surface area contributed by atoms with Crippen LogP contribution in [0.1, 0.15) is 42.6 Å². The monoisotopic (exact) mass is 370 g/mol. The van der Waals surface area contributed by atoms with Crippen LogP contribution in [0.3, 0.4) is 0 Å². The highest BCUT2D eigenvalue weighted by Gasteiger charge is 2.11. The van der Waals surface area contributed by atoms with Crippen LogP contribution in [-0.4, -0.2) is 29.1 Å². The predicted octanol–water partition coefficient (Wildman–Crippen LogP) is 5.03. The highest BCUT2D eigenvalue weighted by molar-refractivity contribution is 7.80. The summed E-state index contributed by atoms with van der Waals surface area (Å²) < 4.78 is 5.77. The fourth-order valence-corrected chi connectivity index (χ4v) is 2.79. The summed E-state index contributed by atoms with van der Waals surface area (Å²) in [6.45, 7) is 8.00. The van der Waals surface area contributed by atoms with Crippen LogP contribution >= 0.6 is 12.2 Å². The van der Waals surface area contributed by atoms with Gasteiger partial charge in [-0.1, -0.05) is 31.5 Å². The molecule has 1 amide bonds. The Kier molecular flexibility index (Phi) is 7.60. The smallest absolute Gasteiger partial charge is 0.264 e. The Morgan fingerprint density at radius 1 is 1.00 bits per heavy atom. The van der Waals surface area contributed by atoms with Gasteiger partial charge in [0.05, 0.1) is 0 Å². The van der Waals surface area contributed by atoms with Crippen LogP contribution in [0.5, 0.6) is 5.75 Å². The van der Waals surface area contributed by atoms with E-state index in [1.54, 1.807) is 24.3 Å². The molecule has 26 heavy (non-hydrogen) atoms. The molecule has 138 valence electrons. The number of rotatable bonds is 7. The third-order valence-corrected chi connectivity index (χ3v) is 4.22. The number of anilines is 1. The standard InChI is InChI=1S/C21H26N2O2S/c1-4-14-23(15-5-2)21(26)25-19-12-8-17(9-13-19)20(24)22-18-10-6-16(3)7-11-18/h6-13H,4-5,14-15H2,1-3H3,(H,22,24). The summed E-state index contributed by atoms with van der Waals surface area (Å²) in [5, 5.41) is 3.36. The number of nitrogens with zero attached hydrogens (tertiary/aromatic N) is 1. The predicted molar refractivity (Wildman–Crippen MR) is 111 cm³/mol. The zero-order valence-electron chi connectivity index (χ0n) is 15.6. The molecule has 0 aliphatic rings. The summed E-state index contributed by atoms with van der Waals surface area (Å²) in [5.41, 5.74) is 2.50. The van der Waals surface area contributed by atoms with Gasteiger partial charge in [0, 0.05) is 24.3 Å². The summed E-state index contributed by atoms with van der Waals surface area (Å²) in [5.74, 6) is 0.487. The first kappa shape index (κ1) is 19.9. The molecule has 0 bridgehead atoms. The van der Waals surface area contributed by atoms with Crippen molar-refractivity contribution in [1.29, 1.82) is 0 Å². The molecular formula is C21H26N2O2S. The molecule has 0 saturated heterocycles. The van der Waals surface area contributed by atoms with Crippen LogP contribution in [0.2, 0.25) is 0 Å². The maximum Gasteiger partial charge on any atom is 0.264 e. The van der Waals surface area contributed by atoms with Crippen LogP contribution in [0, 0.1) is 6.92 Å². The van der Waals surface area contributed by atoms with Gasteiger partial charge in [-0.05, 0) is 68.4 Å². The fraction of sp³-hybridized carbons (Fsp3) is 0.333. The fourth-order valence-electron chi connectivity index (χ4n) is 2.51. The Hall–Kier alpha value is -2.40. The Balaban J connectivity index is 1.97. The van der Waals surface area contributed by atoms with E-state index in [1.165, 1.54) is 0 Å². The largest absolute Gasteiger partial charge is 0.432 e. The summed E-state index contributed by atoms with van der Waals surface area (Å²) in [4.78, 5) is 14.4. The first-order chi connectivity index (χ1) is 12.5. The minimum Gasteiger partial charge on any atom is -0.432 e. The van der Waals surface area contributed by atoms with Crippen LogP contribution in [0.15, 0.2) is 48.5 Å². The second kappa shape index (κ2) is 9.92. The minimum absolute atomic E-state index is 0.151. The van der Waals surface area contributed by atoms with E-state index in [0.29, 0.717) is 16.5 Å². The average Bonchev–Trinajstić information content (AvgIpc) is 2.64. The lowest BCUT2D eigenvalue weighted by molar-refractivity contribution is 0.102. The molecule has 0 aliphatic heterocycles. The van der Waals surface area contributed by atoms with Gasteiger partial charge in [0.1, 0.15) is 5.75 Å². The van der Waals surface area contributed by atoms with Gasteiger partial charge in [0.15, 0.2) is 0 Å². The van der Waals surface area contributed by atoms with E-state index in [2.05, 4.69) is 24.1 Å². The molecule has 2 rings (SSSR count). The van der Waals surface area contributed by atoms with Gasteiger partial charge >= 0.3 is 0 Å². The van der Waals surface area contributed by atoms with E-state index >= 15 is 0 Å². The Bertz CT molecular complexity index is 721. The van der Waals surface area contributed by atoms with Crippen molar-refractivity contribution in [3.8, 4) is 5.75 Å². The third kappa shape index (κ3) is 5.85. The molecule has 2 aromatic carbocycles. The number of hydrogen-bond acceptors (Lipinski definition) is 3. The van der Waals surface area contributed by atoms with Crippen LogP contribution in [0.25, 0.3) is 0 Å². The first-order valence-corrected chi connectivity index (χ1v) is 9.39. The van der Waals surface area contributed by atoms with Gasteiger partial charge in [-0.3, -0.25) is 4.79 Å². The van der Waals surface area contributed by atoms with Crippen molar-refractivity contribution >= 4 is 29.0 Å². The van der Waals surface area contributed by atoms with Gasteiger partial charge in [-0.25, -0.2) is 0 Å². The Morgan fingerprint density at radius 3 is 2.12 bits per heavy atom. The van der Waals surface area contributed by atoms with Gasteiger partial charge < -0.3 is 15.0 Å². The number of nitrogens with one attached hydrogen (secondary N) is 1. The number of aryl methyl sites for hydroxylation is 1. The van der Waals surface area contributed by atoms with Crippen molar-refractivity contribution in [3.63, 3.8) is 0 Å². The van der Waals surface area contributed by atoms with Crippen molar-refractivity contribution in [2.24, 2.45) is 0 Å². The van der Waals surface area contributed by atoms with E-state index in [4.69, 9.17) is 17.0 Å². The SMILES string of the molecule is CCCN(CCC)C(=S)Oc1ccc(C(=O)Nc2ccc(C)cc2)cc1. The van der Waals surface area contributed by atoms with Gasteiger partial charge in [0.25, 0.3) is 11.1 Å². The number of hydrogen-bond donors (Lipinski definition) is 1. The zero-order chi connectivity index (χ0) is 18.9. The van der Waals surface area contributed by atoms with Gasteiger partial charge in [-0.2, -0.15) is 0 Å². The molecule has 0 radical (unpaired) electrons. The molecule has 0 atom stereocenters. The summed E-state index contributed by atoms with van der Waals surface area (Å²) in [7, 11) is 0. The molecule has 0 heterocycles. The second-order valence-corrected chi connectivity index (χ2v) is 6.55. The van der Waals surface area contributed by atoms with Crippen LogP contribution in [-0.2, 0) is 0 Å². The van der Waals surface area contributed by atoms with Crippen LogP contribution in [0.4, 0.5) is 5.69 Å². The molecular weight excluding hydrogens is 344 g/mol. The lowest BCUT2D eigenvalue weighted by Gasteiger charge is -2.23. The average molecular weight is 371 g/mol. The molecule has 1 N–H and O–H groups in total. The van der Waals surface area contributed by atoms with Crippen molar-refractivity contribution in [2.75, 3.05) is 18.4 Å². The van der Waals surface area contributed by atoms with Crippen molar-refractivity contribution in [2.45, 2.75) is 33.6 Å². The highest BCUT2D eigenvalue weighted by Crippen LogP contribution is 2.16. The Morgan fingerprint density at radius 2 is 1.58 bits per heavy atom. The lowest BCUT2D eigenvalue weighted by atomic mass is 10.2. The van der Waals surface area contributed by atoms with E-state index in [1.807, 2.05) is 31.2 Å². The van der Waals surface area contributed by atoms with E-state index in [-0.39, 0.29) is 5.91 Å². The number of carbonyl (C=O) groups excluding carboxylic acids is 1. The maximum atomic E-state index is 12.3. The van der Waals surface area contributed by atoms with E-state index in [9.17, 15) is 4.79 Å². The summed E-state index contributed by atoms with van der Waals surface area (Å²) in [6, 6.07) is 14.7. The number of ether oxygens (including phenoxy) is 1. The quantitative estimate of drug-likeness (QED) is 0.694. The first-order valence-electron chi connectivity index (χ1n) is 8.98. The Labute approximate surface area is 161 Å². The second-order valence-electron chi connectivity index (χ2n) is 6.20. The number of benzene rings is 2. The normalized spacial score (nSPS) is 10.3. The molecule has 0 spiro atoms. The molecule has 0 aliphatic carbocycles. The lowest BCUT2D eigenvalue weighted by Crippen LogP contribution is -2.34. The van der Waals surface area contributed by atoms with Crippen LogP contribution < -0.4 is 10.1 Å². The highest BCUT2D eigenvalue weighted by atomic mass is 32.1. The molecule has 0 aromatic heterocycles. The topological polar surface area (TPSA) is 41.6 Å². The maximum absolute atomic E-state index is 12.3. The van der Waals surface area contributed by atoms with Crippen molar-refractivity contribution < 1.29 is 9.53 Å². The number of amides is 1.